The van der Waals surface area contributed by atoms with Crippen molar-refractivity contribution in [3.8, 4) is 5.75 Å². The molecule has 0 saturated carbocycles. The quantitative estimate of drug-likeness (QED) is 0.762. The first-order valence-electron chi connectivity index (χ1n) is 8.88. The molecule has 0 aliphatic carbocycles. The van der Waals surface area contributed by atoms with Crippen LogP contribution < -0.4 is 10.1 Å². The Morgan fingerprint density at radius 3 is 2.57 bits per heavy atom. The lowest BCUT2D eigenvalue weighted by atomic mass is 10.3. The molecular formula is C18H24N4O4S2. The van der Waals surface area contributed by atoms with Gasteiger partial charge in [0.2, 0.25) is 15.9 Å². The zero-order valence-corrected chi connectivity index (χ0v) is 17.8. The molecule has 1 N–H and O–H groups in total. The van der Waals surface area contributed by atoms with E-state index >= 15 is 0 Å². The average molecular weight is 425 g/mol. The summed E-state index contributed by atoms with van der Waals surface area (Å²) in [6.07, 6.45) is 0. The molecule has 0 spiro atoms. The second-order valence-corrected chi connectivity index (χ2v) is 9.58. The summed E-state index contributed by atoms with van der Waals surface area (Å²) in [6, 6.07) is 4.50. The molecule has 28 heavy (non-hydrogen) atoms. The number of thiazole rings is 1. The lowest BCUT2D eigenvalue weighted by molar-refractivity contribution is -0.114. The van der Waals surface area contributed by atoms with Gasteiger partial charge in [0, 0.05) is 45.0 Å². The first-order valence-corrected chi connectivity index (χ1v) is 11.2. The normalized spacial score (nSPS) is 16.1. The van der Waals surface area contributed by atoms with Gasteiger partial charge in [0.25, 0.3) is 0 Å². The SMILES string of the molecule is COc1ccc(S(=O)(=O)N2CCN(Cc3csc(C)n3)CC2)cc1NC(C)=O. The lowest BCUT2D eigenvalue weighted by Crippen LogP contribution is -2.48. The number of sulfonamides is 1. The van der Waals surface area contributed by atoms with E-state index in [0.717, 1.165) is 17.2 Å². The van der Waals surface area contributed by atoms with E-state index in [2.05, 4.69) is 15.2 Å². The first kappa shape index (κ1) is 20.7. The van der Waals surface area contributed by atoms with Gasteiger partial charge < -0.3 is 10.1 Å². The van der Waals surface area contributed by atoms with Crippen LogP contribution in [0.2, 0.25) is 0 Å². The maximum absolute atomic E-state index is 13.0. The highest BCUT2D eigenvalue weighted by molar-refractivity contribution is 7.89. The number of amides is 1. The van der Waals surface area contributed by atoms with Crippen LogP contribution in [0.5, 0.6) is 5.75 Å². The third kappa shape index (κ3) is 4.69. The van der Waals surface area contributed by atoms with E-state index in [1.54, 1.807) is 17.4 Å². The number of aromatic nitrogens is 1. The Morgan fingerprint density at radius 2 is 2.00 bits per heavy atom. The number of ether oxygens (including phenoxy) is 1. The summed E-state index contributed by atoms with van der Waals surface area (Å²) in [5, 5.41) is 5.69. The number of piperazine rings is 1. The number of methoxy groups -OCH3 is 1. The zero-order chi connectivity index (χ0) is 20.3. The Hall–Kier alpha value is -2.01. The summed E-state index contributed by atoms with van der Waals surface area (Å²) in [4.78, 5) is 18.2. The van der Waals surface area contributed by atoms with Gasteiger partial charge in [-0.1, -0.05) is 0 Å². The molecule has 1 aliphatic heterocycles. The van der Waals surface area contributed by atoms with Crippen LogP contribution in [0.25, 0.3) is 0 Å². The Morgan fingerprint density at radius 1 is 1.29 bits per heavy atom. The van der Waals surface area contributed by atoms with E-state index in [-0.39, 0.29) is 10.8 Å². The molecule has 1 aromatic carbocycles. The number of hydrogen-bond acceptors (Lipinski definition) is 7. The highest BCUT2D eigenvalue weighted by Gasteiger charge is 2.29. The molecule has 0 unspecified atom stereocenters. The molecule has 0 radical (unpaired) electrons. The molecule has 1 amide bonds. The van der Waals surface area contributed by atoms with Gasteiger partial charge in [0.05, 0.1) is 28.4 Å². The number of carbonyl (C=O) groups is 1. The van der Waals surface area contributed by atoms with Crippen LogP contribution in [0.15, 0.2) is 28.5 Å². The highest BCUT2D eigenvalue weighted by Crippen LogP contribution is 2.29. The maximum atomic E-state index is 13.0. The third-order valence-corrected chi connectivity index (χ3v) is 7.22. The van der Waals surface area contributed by atoms with Gasteiger partial charge in [0.1, 0.15) is 5.75 Å². The molecule has 152 valence electrons. The minimum Gasteiger partial charge on any atom is -0.495 e. The van der Waals surface area contributed by atoms with Crippen LogP contribution in [0.4, 0.5) is 5.69 Å². The molecule has 1 saturated heterocycles. The van der Waals surface area contributed by atoms with E-state index in [4.69, 9.17) is 4.74 Å². The fourth-order valence-corrected chi connectivity index (χ4v) is 5.17. The van der Waals surface area contributed by atoms with Crippen molar-refractivity contribution in [2.45, 2.75) is 25.3 Å². The molecule has 10 heteroatoms. The van der Waals surface area contributed by atoms with Crippen LogP contribution in [-0.4, -0.2) is 61.8 Å². The number of nitrogens with zero attached hydrogens (tertiary/aromatic N) is 3. The molecule has 3 rings (SSSR count). The summed E-state index contributed by atoms with van der Waals surface area (Å²) >= 11 is 1.62. The summed E-state index contributed by atoms with van der Waals surface area (Å²) in [7, 11) is -2.18. The minimum absolute atomic E-state index is 0.139. The fourth-order valence-electron chi connectivity index (χ4n) is 3.12. The van der Waals surface area contributed by atoms with Gasteiger partial charge >= 0.3 is 0 Å². The van der Waals surface area contributed by atoms with Crippen LogP contribution in [0.3, 0.4) is 0 Å². The molecule has 0 atom stereocenters. The van der Waals surface area contributed by atoms with Crippen molar-refractivity contribution in [3.05, 3.63) is 34.3 Å². The van der Waals surface area contributed by atoms with Crippen molar-refractivity contribution in [2.75, 3.05) is 38.6 Å². The first-order chi connectivity index (χ1) is 13.3. The van der Waals surface area contributed by atoms with E-state index in [1.807, 2.05) is 12.3 Å². The van der Waals surface area contributed by atoms with Crippen LogP contribution >= 0.6 is 11.3 Å². The number of nitrogens with one attached hydrogen (secondary N) is 1. The molecule has 1 aliphatic rings. The topological polar surface area (TPSA) is 91.8 Å². The Bertz CT molecular complexity index is 950. The van der Waals surface area contributed by atoms with Crippen molar-refractivity contribution >= 4 is 33.0 Å². The number of hydrogen-bond donors (Lipinski definition) is 1. The maximum Gasteiger partial charge on any atom is 0.243 e. The molecule has 1 fully saturated rings. The van der Waals surface area contributed by atoms with E-state index in [9.17, 15) is 13.2 Å². The van der Waals surface area contributed by atoms with Gasteiger partial charge in [-0.15, -0.1) is 11.3 Å². The van der Waals surface area contributed by atoms with Crippen LogP contribution in [0, 0.1) is 6.92 Å². The second-order valence-electron chi connectivity index (χ2n) is 6.58. The van der Waals surface area contributed by atoms with Gasteiger partial charge in [-0.05, 0) is 25.1 Å². The van der Waals surface area contributed by atoms with Gasteiger partial charge in [0.15, 0.2) is 0 Å². The molecule has 2 aromatic rings. The van der Waals surface area contributed by atoms with Crippen molar-refractivity contribution < 1.29 is 17.9 Å². The third-order valence-electron chi connectivity index (χ3n) is 4.50. The Balaban J connectivity index is 1.70. The predicted octanol–water partition coefficient (Wildman–Crippen LogP) is 1.93. The molecule has 8 nitrogen and oxygen atoms in total. The molecule has 0 bridgehead atoms. The van der Waals surface area contributed by atoms with E-state index < -0.39 is 10.0 Å². The number of rotatable bonds is 6. The fraction of sp³-hybridized carbons (Fsp3) is 0.444. The zero-order valence-electron chi connectivity index (χ0n) is 16.1. The van der Waals surface area contributed by atoms with E-state index in [1.165, 1.54) is 30.5 Å². The molecular weight excluding hydrogens is 400 g/mol. The lowest BCUT2D eigenvalue weighted by Gasteiger charge is -2.33. The number of benzene rings is 1. The standard InChI is InChI=1S/C18H24N4O4S2/c1-13(23)19-17-10-16(4-5-18(17)26-3)28(24,25)22-8-6-21(7-9-22)11-15-12-27-14(2)20-15/h4-5,10,12H,6-9,11H2,1-3H3,(H,19,23). The smallest absolute Gasteiger partial charge is 0.243 e. The van der Waals surface area contributed by atoms with Gasteiger partial charge in [-0.2, -0.15) is 4.31 Å². The summed E-state index contributed by atoms with van der Waals surface area (Å²) < 4.78 is 32.8. The number of aryl methyl sites for hydroxylation is 1. The van der Waals surface area contributed by atoms with Gasteiger partial charge in [-0.25, -0.2) is 13.4 Å². The van der Waals surface area contributed by atoms with Crippen LogP contribution in [0.1, 0.15) is 17.6 Å². The summed E-state index contributed by atoms with van der Waals surface area (Å²) in [5.74, 6) is 0.122. The van der Waals surface area contributed by atoms with Gasteiger partial charge in [-0.3, -0.25) is 9.69 Å². The van der Waals surface area contributed by atoms with Crippen molar-refractivity contribution in [2.24, 2.45) is 0 Å². The van der Waals surface area contributed by atoms with Crippen molar-refractivity contribution in [1.29, 1.82) is 0 Å². The molecule has 2 heterocycles. The largest absolute Gasteiger partial charge is 0.495 e. The van der Waals surface area contributed by atoms with Crippen molar-refractivity contribution in [3.63, 3.8) is 0 Å². The summed E-state index contributed by atoms with van der Waals surface area (Å²) in [6.45, 7) is 6.18. The summed E-state index contributed by atoms with van der Waals surface area (Å²) in [5.41, 5.74) is 1.36. The highest BCUT2D eigenvalue weighted by atomic mass is 32.2. The second kappa shape index (κ2) is 8.56. The Labute approximate surface area is 169 Å². The Kier molecular flexibility index (Phi) is 6.33. The predicted molar refractivity (Wildman–Crippen MR) is 108 cm³/mol. The van der Waals surface area contributed by atoms with Crippen molar-refractivity contribution in [1.82, 2.24) is 14.2 Å². The van der Waals surface area contributed by atoms with Crippen LogP contribution in [-0.2, 0) is 21.4 Å². The molecule has 1 aromatic heterocycles. The van der Waals surface area contributed by atoms with E-state index in [0.29, 0.717) is 37.6 Å². The average Bonchev–Trinajstić information content (AvgIpc) is 3.06. The minimum atomic E-state index is -3.65. The number of carbonyl (C=O) groups excluding carboxylic acids is 1. The monoisotopic (exact) mass is 424 g/mol. The number of anilines is 1.